The van der Waals surface area contributed by atoms with Gasteiger partial charge in [0, 0.05) is 0 Å². The van der Waals surface area contributed by atoms with E-state index in [1.165, 1.54) is 12.1 Å². The molecule has 1 rings (SSSR count). The third-order valence-electron chi connectivity index (χ3n) is 2.32. The van der Waals surface area contributed by atoms with Gasteiger partial charge in [-0.05, 0) is 37.1 Å². The summed E-state index contributed by atoms with van der Waals surface area (Å²) in [7, 11) is 0. The van der Waals surface area contributed by atoms with E-state index in [0.29, 0.717) is 17.7 Å². The largest absolute Gasteiger partial charge is 0.374 e. The summed E-state index contributed by atoms with van der Waals surface area (Å²) in [5.74, 6) is -0.388. The first-order chi connectivity index (χ1) is 7.65. The van der Waals surface area contributed by atoms with Crippen LogP contribution in [0.3, 0.4) is 0 Å². The zero-order chi connectivity index (χ0) is 12.0. The molecule has 3 heteroatoms. The molecule has 0 aliphatic rings. The van der Waals surface area contributed by atoms with Crippen LogP contribution in [0.4, 0.5) is 4.39 Å². The highest BCUT2D eigenvalue weighted by Crippen LogP contribution is 2.11. The van der Waals surface area contributed by atoms with E-state index in [0.717, 1.165) is 12.8 Å². The van der Waals surface area contributed by atoms with Crippen LogP contribution in [0, 0.1) is 17.1 Å². The first kappa shape index (κ1) is 12.7. The molecule has 1 atom stereocenters. The smallest absolute Gasteiger partial charge is 0.124 e. The number of hydrogen-bond donors (Lipinski definition) is 0. The van der Waals surface area contributed by atoms with E-state index >= 15 is 0 Å². The van der Waals surface area contributed by atoms with Crippen molar-refractivity contribution in [2.75, 3.05) is 0 Å². The maximum absolute atomic E-state index is 13.1. The van der Waals surface area contributed by atoms with Crippen molar-refractivity contribution >= 4 is 0 Å². The zero-order valence-electron chi connectivity index (χ0n) is 9.66. The van der Waals surface area contributed by atoms with E-state index in [1.54, 1.807) is 6.07 Å². The van der Waals surface area contributed by atoms with Gasteiger partial charge in [0.1, 0.15) is 5.82 Å². The topological polar surface area (TPSA) is 33.0 Å². The Hall–Kier alpha value is -1.40. The second kappa shape index (κ2) is 6.24. The van der Waals surface area contributed by atoms with Crippen LogP contribution in [-0.2, 0) is 11.3 Å². The van der Waals surface area contributed by atoms with Crippen LogP contribution in [0.1, 0.15) is 37.8 Å². The second-order valence-electron chi connectivity index (χ2n) is 3.87. The van der Waals surface area contributed by atoms with Crippen molar-refractivity contribution in [1.29, 1.82) is 5.26 Å². The molecule has 1 aromatic carbocycles. The van der Waals surface area contributed by atoms with Gasteiger partial charge < -0.3 is 4.74 Å². The Balaban J connectivity index is 2.60. The number of nitrogens with zero attached hydrogens (tertiary/aromatic N) is 1. The molecule has 0 N–H and O–H groups in total. The van der Waals surface area contributed by atoms with Gasteiger partial charge in [0.2, 0.25) is 0 Å². The lowest BCUT2D eigenvalue weighted by molar-refractivity contribution is 0.0470. The Morgan fingerprint density at radius 1 is 1.44 bits per heavy atom. The molecule has 86 valence electrons. The lowest BCUT2D eigenvalue weighted by Gasteiger charge is -2.11. The summed E-state index contributed by atoms with van der Waals surface area (Å²) in [6.07, 6.45) is 2.22. The van der Waals surface area contributed by atoms with Gasteiger partial charge in [-0.1, -0.05) is 13.3 Å². The van der Waals surface area contributed by atoms with Crippen LogP contribution in [0.15, 0.2) is 18.2 Å². The van der Waals surface area contributed by atoms with Crippen molar-refractivity contribution in [1.82, 2.24) is 0 Å². The second-order valence-corrected chi connectivity index (χ2v) is 3.87. The van der Waals surface area contributed by atoms with Crippen molar-refractivity contribution in [3.63, 3.8) is 0 Å². The molecule has 16 heavy (non-hydrogen) atoms. The minimum Gasteiger partial charge on any atom is -0.374 e. The Morgan fingerprint density at radius 2 is 2.19 bits per heavy atom. The summed E-state index contributed by atoms with van der Waals surface area (Å²) < 4.78 is 18.6. The van der Waals surface area contributed by atoms with Crippen LogP contribution in [0.5, 0.6) is 0 Å². The van der Waals surface area contributed by atoms with Gasteiger partial charge in [0.15, 0.2) is 0 Å². The summed E-state index contributed by atoms with van der Waals surface area (Å²) in [6, 6.07) is 6.20. The molecule has 0 saturated carbocycles. The van der Waals surface area contributed by atoms with E-state index < -0.39 is 0 Å². The first-order valence-corrected chi connectivity index (χ1v) is 5.47. The van der Waals surface area contributed by atoms with E-state index in [4.69, 9.17) is 10.00 Å². The molecular weight excluding hydrogens is 205 g/mol. The zero-order valence-corrected chi connectivity index (χ0v) is 9.66. The monoisotopic (exact) mass is 221 g/mol. The Kier molecular flexibility index (Phi) is 4.94. The molecule has 1 unspecified atom stereocenters. The fourth-order valence-corrected chi connectivity index (χ4v) is 1.53. The molecule has 0 fully saturated rings. The number of halogens is 1. The predicted molar refractivity (Wildman–Crippen MR) is 60.3 cm³/mol. The molecule has 0 spiro atoms. The predicted octanol–water partition coefficient (Wildman–Crippen LogP) is 3.40. The number of hydrogen-bond acceptors (Lipinski definition) is 2. The maximum Gasteiger partial charge on any atom is 0.124 e. The SMILES string of the molecule is CCCC(C)OCc1cc(F)cc(C#N)c1. The maximum atomic E-state index is 13.1. The Bertz CT molecular complexity index is 384. The lowest BCUT2D eigenvalue weighted by atomic mass is 10.1. The quantitative estimate of drug-likeness (QED) is 0.763. The molecule has 0 heterocycles. The van der Waals surface area contributed by atoms with Gasteiger partial charge in [-0.2, -0.15) is 5.26 Å². The molecule has 0 amide bonds. The molecule has 0 bridgehead atoms. The van der Waals surface area contributed by atoms with Crippen LogP contribution >= 0.6 is 0 Å². The van der Waals surface area contributed by atoms with Crippen LogP contribution in [0.2, 0.25) is 0 Å². The summed E-state index contributed by atoms with van der Waals surface area (Å²) in [4.78, 5) is 0. The van der Waals surface area contributed by atoms with Gasteiger partial charge in [-0.25, -0.2) is 4.39 Å². The van der Waals surface area contributed by atoms with Crippen molar-refractivity contribution < 1.29 is 9.13 Å². The van der Waals surface area contributed by atoms with Gasteiger partial charge >= 0.3 is 0 Å². The van der Waals surface area contributed by atoms with E-state index in [2.05, 4.69) is 6.92 Å². The highest BCUT2D eigenvalue weighted by atomic mass is 19.1. The number of ether oxygens (including phenoxy) is 1. The van der Waals surface area contributed by atoms with Crippen LogP contribution in [0.25, 0.3) is 0 Å². The lowest BCUT2D eigenvalue weighted by Crippen LogP contribution is -2.07. The van der Waals surface area contributed by atoms with Gasteiger partial charge in [0.25, 0.3) is 0 Å². The van der Waals surface area contributed by atoms with Crippen LogP contribution in [-0.4, -0.2) is 6.10 Å². The third-order valence-corrected chi connectivity index (χ3v) is 2.32. The third kappa shape index (κ3) is 4.00. The minimum absolute atomic E-state index is 0.166. The molecule has 0 aromatic heterocycles. The minimum atomic E-state index is -0.388. The van der Waals surface area contributed by atoms with Gasteiger partial charge in [0.05, 0.1) is 24.3 Å². The summed E-state index contributed by atoms with van der Waals surface area (Å²) in [5.41, 5.74) is 1.04. The first-order valence-electron chi connectivity index (χ1n) is 5.47. The highest BCUT2D eigenvalue weighted by molar-refractivity contribution is 5.33. The van der Waals surface area contributed by atoms with E-state index in [9.17, 15) is 4.39 Å². The molecule has 0 aliphatic carbocycles. The molecule has 1 aromatic rings. The van der Waals surface area contributed by atoms with Crippen molar-refractivity contribution in [3.05, 3.63) is 35.1 Å². The van der Waals surface area contributed by atoms with Crippen LogP contribution < -0.4 is 0 Å². The average Bonchev–Trinajstić information content (AvgIpc) is 2.26. The Labute approximate surface area is 95.7 Å². The van der Waals surface area contributed by atoms with E-state index in [1.807, 2.05) is 13.0 Å². The summed E-state index contributed by atoms with van der Waals surface area (Å²) in [6.45, 7) is 4.44. The number of benzene rings is 1. The van der Waals surface area contributed by atoms with E-state index in [-0.39, 0.29) is 11.9 Å². The van der Waals surface area contributed by atoms with Gasteiger partial charge in [-0.15, -0.1) is 0 Å². The number of nitriles is 1. The van der Waals surface area contributed by atoms with Crippen molar-refractivity contribution in [2.24, 2.45) is 0 Å². The number of rotatable bonds is 5. The summed E-state index contributed by atoms with van der Waals surface area (Å²) >= 11 is 0. The molecule has 0 saturated heterocycles. The standard InChI is InChI=1S/C13H16FNO/c1-3-4-10(2)16-9-12-5-11(8-15)6-13(14)7-12/h5-7,10H,3-4,9H2,1-2H3. The fourth-order valence-electron chi connectivity index (χ4n) is 1.53. The average molecular weight is 221 g/mol. The molecule has 0 aliphatic heterocycles. The normalized spacial score (nSPS) is 12.1. The van der Waals surface area contributed by atoms with Crippen molar-refractivity contribution in [2.45, 2.75) is 39.4 Å². The highest BCUT2D eigenvalue weighted by Gasteiger charge is 2.04. The molecule has 0 radical (unpaired) electrons. The van der Waals surface area contributed by atoms with Gasteiger partial charge in [-0.3, -0.25) is 0 Å². The van der Waals surface area contributed by atoms with Crippen molar-refractivity contribution in [3.8, 4) is 6.07 Å². The Morgan fingerprint density at radius 3 is 2.81 bits per heavy atom. The fraction of sp³-hybridized carbons (Fsp3) is 0.462. The summed E-state index contributed by atoms with van der Waals surface area (Å²) in [5, 5.41) is 8.69. The molecular formula is C13H16FNO. The molecule has 2 nitrogen and oxygen atoms in total.